The molecule has 10 heteroatoms. The number of aromatic nitrogens is 1. The summed E-state index contributed by atoms with van der Waals surface area (Å²) in [4.78, 5) is 0. The first-order valence-electron chi connectivity index (χ1n) is 11.8. The van der Waals surface area contributed by atoms with Gasteiger partial charge < -0.3 is 15.2 Å². The fraction of sp³-hybridized carbons (Fsp3) is 0.0714. The zero-order chi connectivity index (χ0) is 26.5. The number of nitrogens with zero attached hydrogens (tertiary/aromatic N) is 2. The SMILES string of the molecule is N#Cc1c(F)cccc1OCc1ccccc1.Nc1nsc2cccc(OCc3ccccc3)c12.S.[Na][Na]. The Kier molecular flexibility index (Phi) is 14.8. The molecule has 0 atom stereocenters. The van der Waals surface area contributed by atoms with E-state index in [1.165, 1.54) is 67.3 Å². The zero-order valence-electron chi connectivity index (χ0n) is 21.2. The van der Waals surface area contributed by atoms with Crippen molar-refractivity contribution in [3.8, 4) is 17.6 Å². The van der Waals surface area contributed by atoms with E-state index in [0.717, 1.165) is 27.0 Å². The number of nitrogens with two attached hydrogens (primary N) is 1. The van der Waals surface area contributed by atoms with Crippen molar-refractivity contribution >= 4 is 84.5 Å². The Morgan fingerprint density at radius 1 is 0.789 bits per heavy atom. The van der Waals surface area contributed by atoms with Crippen LogP contribution in [0.2, 0.25) is 0 Å². The second kappa shape index (κ2) is 17.5. The second-order valence-electron chi connectivity index (χ2n) is 7.47. The van der Waals surface area contributed by atoms with Crippen LogP contribution >= 0.6 is 25.0 Å². The third kappa shape index (κ3) is 9.30. The Morgan fingerprint density at radius 3 is 1.89 bits per heavy atom. The molecule has 4 aromatic carbocycles. The third-order valence-corrected chi connectivity index (χ3v) is 5.87. The van der Waals surface area contributed by atoms with E-state index in [0.29, 0.717) is 19.0 Å². The minimum absolute atomic E-state index is 0. The summed E-state index contributed by atoms with van der Waals surface area (Å²) < 4.78 is 29.7. The van der Waals surface area contributed by atoms with Crippen molar-refractivity contribution in [2.75, 3.05) is 5.73 Å². The molecule has 0 saturated heterocycles. The van der Waals surface area contributed by atoms with Gasteiger partial charge in [0.15, 0.2) is 0 Å². The molecule has 5 rings (SSSR count). The number of ether oxygens (including phenoxy) is 2. The Labute approximate surface area is 261 Å². The van der Waals surface area contributed by atoms with Gasteiger partial charge in [-0.05, 0) is 46.9 Å². The first kappa shape index (κ1) is 32.2. The second-order valence-corrected chi connectivity index (χ2v) is 8.28. The van der Waals surface area contributed by atoms with Crippen molar-refractivity contribution < 1.29 is 13.9 Å². The summed E-state index contributed by atoms with van der Waals surface area (Å²) in [5.41, 5.74) is 7.92. The molecule has 0 saturated carbocycles. The molecular weight excluding hydrogens is 539 g/mol. The van der Waals surface area contributed by atoms with Gasteiger partial charge in [0.05, 0.1) is 10.1 Å². The minimum atomic E-state index is -0.557. The number of fused-ring (bicyclic) bond motifs is 1. The van der Waals surface area contributed by atoms with Crippen LogP contribution in [0, 0.1) is 17.1 Å². The van der Waals surface area contributed by atoms with Gasteiger partial charge in [-0.25, -0.2) is 4.39 Å². The van der Waals surface area contributed by atoms with Crippen LogP contribution in [0.15, 0.2) is 97.1 Å². The summed E-state index contributed by atoms with van der Waals surface area (Å²) in [5, 5.41) is 9.74. The van der Waals surface area contributed by atoms with Crippen LogP contribution in [-0.4, -0.2) is 48.0 Å². The fourth-order valence-electron chi connectivity index (χ4n) is 3.31. The van der Waals surface area contributed by atoms with Crippen LogP contribution in [0.5, 0.6) is 11.5 Å². The van der Waals surface area contributed by atoms with Gasteiger partial charge in [-0.15, -0.1) is 0 Å². The van der Waals surface area contributed by atoms with Gasteiger partial charge in [0.1, 0.15) is 48.0 Å². The van der Waals surface area contributed by atoms with Crippen LogP contribution in [0.3, 0.4) is 0 Å². The van der Waals surface area contributed by atoms with Crippen LogP contribution in [-0.2, 0) is 13.2 Å². The number of benzene rings is 4. The van der Waals surface area contributed by atoms with Crippen molar-refractivity contribution in [2.45, 2.75) is 13.2 Å². The molecule has 0 aliphatic carbocycles. The number of anilines is 1. The van der Waals surface area contributed by atoms with Crippen molar-refractivity contribution in [2.24, 2.45) is 0 Å². The molecule has 0 amide bonds. The standard InChI is InChI=1S/C14H10FNO.C14H12N2OS.2Na.H2S/c15-13-7-4-8-14(12(13)9-16)17-10-11-5-2-1-3-6-11;15-14-13-11(7-4-8-12(13)18-16-14)17-9-10-5-2-1-3-6-10;;;/h1-8H,10H2;1-8H,9H2,(H2,15,16);;;1H2. The first-order chi connectivity index (χ1) is 18.2. The molecule has 0 aliphatic heterocycles. The fourth-order valence-corrected chi connectivity index (χ4v) is 4.03. The molecule has 1 heterocycles. The van der Waals surface area contributed by atoms with E-state index in [2.05, 4.69) is 4.37 Å². The number of nitriles is 1. The summed E-state index contributed by atoms with van der Waals surface area (Å²) in [6.07, 6.45) is 0. The number of halogens is 1. The number of rotatable bonds is 6. The predicted octanol–water partition coefficient (Wildman–Crippen LogP) is 6.09. The summed E-state index contributed by atoms with van der Waals surface area (Å²) >= 11 is 4.28. The Bertz CT molecular complexity index is 1450. The topological polar surface area (TPSA) is 81.2 Å². The molecule has 5 nitrogen and oxygen atoms in total. The van der Waals surface area contributed by atoms with Gasteiger partial charge in [-0.3, -0.25) is 0 Å². The maximum absolute atomic E-state index is 13.3. The zero-order valence-corrected chi connectivity index (χ0v) is 27.0. The first-order valence-corrected chi connectivity index (χ1v) is 20.6. The normalized spacial score (nSPS) is 9.58. The number of hydrogen-bond acceptors (Lipinski definition) is 6. The van der Waals surface area contributed by atoms with E-state index in [9.17, 15) is 4.39 Å². The summed E-state index contributed by atoms with van der Waals surface area (Å²) in [5.74, 6) is 1.05. The van der Waals surface area contributed by atoms with Crippen molar-refractivity contribution in [1.82, 2.24) is 4.37 Å². The molecule has 0 bridgehead atoms. The van der Waals surface area contributed by atoms with Crippen molar-refractivity contribution in [1.29, 1.82) is 5.26 Å². The third-order valence-electron chi connectivity index (χ3n) is 5.05. The van der Waals surface area contributed by atoms with Crippen LogP contribution in [0.4, 0.5) is 10.2 Å². The van der Waals surface area contributed by atoms with E-state index >= 15 is 0 Å². The van der Waals surface area contributed by atoms with Gasteiger partial charge >= 0.3 is 43.6 Å². The van der Waals surface area contributed by atoms with Gasteiger partial charge in [0, 0.05) is 0 Å². The average Bonchev–Trinajstić information content (AvgIpc) is 3.34. The average molecular weight is 564 g/mol. The molecule has 5 aromatic rings. The molecule has 0 spiro atoms. The van der Waals surface area contributed by atoms with E-state index in [1.807, 2.05) is 78.9 Å². The van der Waals surface area contributed by atoms with Crippen molar-refractivity contribution in [3.05, 3.63) is 120 Å². The van der Waals surface area contributed by atoms with Gasteiger partial charge in [-0.1, -0.05) is 72.8 Å². The summed E-state index contributed by atoms with van der Waals surface area (Å²) in [7, 11) is 0. The van der Waals surface area contributed by atoms with Gasteiger partial charge in [0.25, 0.3) is 0 Å². The number of hydrogen-bond donors (Lipinski definition) is 1. The molecular formula is C28H24FN3Na2O2S2. The molecule has 0 fully saturated rings. The predicted molar refractivity (Wildman–Crippen MR) is 159 cm³/mol. The van der Waals surface area contributed by atoms with Crippen LogP contribution in [0.25, 0.3) is 10.1 Å². The van der Waals surface area contributed by atoms with Crippen LogP contribution in [0.1, 0.15) is 16.7 Å². The summed E-state index contributed by atoms with van der Waals surface area (Å²) in [6.45, 7) is 0.855. The Hall–Kier alpha value is -2.06. The number of nitrogen functional groups attached to an aromatic ring is 1. The maximum atomic E-state index is 13.3. The molecule has 0 aliphatic rings. The van der Waals surface area contributed by atoms with Gasteiger partial charge in [0.2, 0.25) is 0 Å². The monoisotopic (exact) mass is 563 g/mol. The van der Waals surface area contributed by atoms with E-state index in [-0.39, 0.29) is 24.8 Å². The molecule has 184 valence electrons. The molecule has 38 heavy (non-hydrogen) atoms. The van der Waals surface area contributed by atoms with E-state index < -0.39 is 5.82 Å². The van der Waals surface area contributed by atoms with Gasteiger partial charge in [-0.2, -0.15) is 23.1 Å². The summed E-state index contributed by atoms with van der Waals surface area (Å²) in [6, 6.07) is 31.6. The quantitative estimate of drug-likeness (QED) is 0.253. The Morgan fingerprint density at radius 2 is 1.32 bits per heavy atom. The van der Waals surface area contributed by atoms with Crippen LogP contribution < -0.4 is 15.2 Å². The van der Waals surface area contributed by atoms with Crippen molar-refractivity contribution in [3.63, 3.8) is 0 Å². The van der Waals surface area contributed by atoms with E-state index in [4.69, 9.17) is 20.5 Å². The molecule has 0 radical (unpaired) electrons. The van der Waals surface area contributed by atoms with E-state index in [1.54, 1.807) is 12.1 Å². The Balaban J connectivity index is 0.000000245. The molecule has 1 aromatic heterocycles. The molecule has 2 N–H and O–H groups in total. The molecule has 0 unspecified atom stereocenters.